The van der Waals surface area contributed by atoms with E-state index in [-0.39, 0.29) is 48.7 Å². The second kappa shape index (κ2) is 16.6. The molecule has 5 aliphatic carbocycles. The molecule has 4 heteroatoms. The molecule has 0 bridgehead atoms. The molecular weight excluding hydrogens is 980 g/mol. The highest BCUT2D eigenvalue weighted by Crippen LogP contribution is 2.60. The lowest BCUT2D eigenvalue weighted by Crippen LogP contribution is -2.44. The number of nitrogens with one attached hydrogen (secondary N) is 1. The van der Waals surface area contributed by atoms with Crippen LogP contribution in [0.2, 0.25) is 0 Å². The highest BCUT2D eigenvalue weighted by Gasteiger charge is 2.47. The normalized spacial score (nSPS) is 21.8. The number of fused-ring (bicyclic) bond motifs is 13. The monoisotopic (exact) mass is 1070 g/mol. The van der Waals surface area contributed by atoms with Crippen LogP contribution in [-0.4, -0.2) is 7.28 Å². The first-order valence-electron chi connectivity index (χ1n) is 31.1. The molecule has 8 aromatic rings. The van der Waals surface area contributed by atoms with Gasteiger partial charge in [0.05, 0.1) is 5.69 Å². The molecule has 1 aromatic heterocycles. The topological polar surface area (TPSA) is 28.4 Å². The van der Waals surface area contributed by atoms with Crippen molar-refractivity contribution in [2.75, 3.05) is 10.2 Å². The van der Waals surface area contributed by atoms with E-state index in [0.717, 1.165) is 58.3 Å². The van der Waals surface area contributed by atoms with Gasteiger partial charge in [-0.15, -0.1) is 0 Å². The highest BCUT2D eigenvalue weighted by molar-refractivity contribution is 6.74. The Labute approximate surface area is 486 Å². The minimum atomic E-state index is -0.343. The molecule has 2 heterocycles. The van der Waals surface area contributed by atoms with Gasteiger partial charge in [-0.3, -0.25) is 0 Å². The van der Waals surface area contributed by atoms with Gasteiger partial charge in [0, 0.05) is 44.5 Å². The lowest BCUT2D eigenvalue weighted by Gasteiger charge is -2.45. The summed E-state index contributed by atoms with van der Waals surface area (Å²) in [6.07, 6.45) is 9.35. The third kappa shape index (κ3) is 7.65. The molecule has 6 aliphatic rings. The fraction of sp³-hybridized carbons (Fsp3) is 0.455. The Kier molecular flexibility index (Phi) is 10.9. The highest BCUT2D eigenvalue weighted by atomic mass is 16.3. The average Bonchev–Trinajstić information content (AvgIpc) is 2.42. The van der Waals surface area contributed by atoms with E-state index < -0.39 is 0 Å². The summed E-state index contributed by atoms with van der Waals surface area (Å²) in [5.74, 6) is 0. The second-order valence-electron chi connectivity index (χ2n) is 32.3. The molecule has 0 amide bonds. The van der Waals surface area contributed by atoms with Crippen molar-refractivity contribution in [1.29, 1.82) is 0 Å². The summed E-state index contributed by atoms with van der Waals surface area (Å²) < 4.78 is 7.40. The second-order valence-corrected chi connectivity index (χ2v) is 32.3. The number of para-hydroxylation sites is 1. The smallest absolute Gasteiger partial charge is 0.198 e. The standard InChI is InChI=1S/C77H88BN2O/c1-69(2)29-31-71(5,6)54-37-44(23-26-51(54)69)79-61-28-25-47-48-40-56-57(74(11,12)34-33-73(56,9)10)41-53(48)77(17,18)65(47)64(61)50-39-49-46-21-19-20-22-63(46)81-68(49)67-66(50)78-60-42-58-59(76(15,16)36-35-75(58,13)14)43-62(60)80(67)45-24-27-52-55(38-45)72(7,8)32-30-70(52,3)4/h19-28,37-43,79H,29-36H2,1-18H3. The van der Waals surface area contributed by atoms with Crippen molar-refractivity contribution in [2.45, 2.75) is 225 Å². The van der Waals surface area contributed by atoms with Crippen molar-refractivity contribution < 1.29 is 4.42 Å². The Balaban J connectivity index is 1.11. The Morgan fingerprint density at radius 2 is 0.926 bits per heavy atom. The zero-order chi connectivity index (χ0) is 57.3. The summed E-state index contributed by atoms with van der Waals surface area (Å²) in [5.41, 5.74) is 30.2. The summed E-state index contributed by atoms with van der Waals surface area (Å²) in [6.45, 7) is 44.5. The molecule has 1 N–H and O–H groups in total. The molecule has 415 valence electrons. The van der Waals surface area contributed by atoms with E-state index in [0.29, 0.717) is 0 Å². The Morgan fingerprint density at radius 1 is 0.420 bits per heavy atom. The summed E-state index contributed by atoms with van der Waals surface area (Å²) in [5, 5.41) is 6.56. The van der Waals surface area contributed by atoms with Crippen molar-refractivity contribution >= 4 is 68.6 Å². The zero-order valence-electron chi connectivity index (χ0n) is 52.4. The number of nitrogens with zero attached hydrogens (tertiary/aromatic N) is 1. The van der Waals surface area contributed by atoms with Gasteiger partial charge in [-0.05, 0) is 227 Å². The van der Waals surface area contributed by atoms with Crippen LogP contribution in [0.3, 0.4) is 0 Å². The number of benzene rings is 7. The first-order chi connectivity index (χ1) is 37.8. The van der Waals surface area contributed by atoms with Crippen LogP contribution in [-0.2, 0) is 48.7 Å². The molecule has 14 rings (SSSR count). The molecular formula is C77H88BN2O. The maximum Gasteiger partial charge on any atom is 0.198 e. The van der Waals surface area contributed by atoms with Crippen molar-refractivity contribution in [3.63, 3.8) is 0 Å². The summed E-state index contributed by atoms with van der Waals surface area (Å²) in [6, 6.07) is 41.6. The largest absolute Gasteiger partial charge is 0.454 e. The summed E-state index contributed by atoms with van der Waals surface area (Å²) in [4.78, 5) is 2.66. The molecule has 3 nitrogen and oxygen atoms in total. The lowest BCUT2D eigenvalue weighted by atomic mass is 9.54. The number of anilines is 5. The average molecular weight is 1070 g/mol. The Hall–Kier alpha value is -6.00. The fourth-order valence-corrected chi connectivity index (χ4v) is 16.8. The number of hydrogen-bond acceptors (Lipinski definition) is 3. The van der Waals surface area contributed by atoms with Gasteiger partial charge in [0.2, 0.25) is 0 Å². The van der Waals surface area contributed by atoms with Crippen LogP contribution in [0.5, 0.6) is 0 Å². The number of rotatable bonds is 4. The summed E-state index contributed by atoms with van der Waals surface area (Å²) >= 11 is 0. The molecule has 81 heavy (non-hydrogen) atoms. The first-order valence-corrected chi connectivity index (χ1v) is 31.1. The lowest BCUT2D eigenvalue weighted by molar-refractivity contribution is 0.331. The molecule has 0 saturated carbocycles. The third-order valence-corrected chi connectivity index (χ3v) is 22.7. The molecule has 1 aliphatic heterocycles. The molecule has 0 saturated heterocycles. The van der Waals surface area contributed by atoms with Crippen LogP contribution in [0.25, 0.3) is 44.2 Å². The zero-order valence-corrected chi connectivity index (χ0v) is 52.4. The number of furan rings is 1. The van der Waals surface area contributed by atoms with Gasteiger partial charge in [-0.25, -0.2) is 0 Å². The van der Waals surface area contributed by atoms with E-state index in [1.165, 1.54) is 132 Å². The first kappa shape index (κ1) is 53.0. The maximum atomic E-state index is 7.40. The molecule has 0 spiro atoms. The van der Waals surface area contributed by atoms with E-state index in [2.05, 4.69) is 245 Å². The van der Waals surface area contributed by atoms with Gasteiger partial charge in [-0.2, -0.15) is 0 Å². The van der Waals surface area contributed by atoms with Crippen molar-refractivity contribution in [3.8, 4) is 22.3 Å². The van der Waals surface area contributed by atoms with E-state index >= 15 is 0 Å². The van der Waals surface area contributed by atoms with Crippen LogP contribution in [0, 0.1) is 0 Å². The predicted octanol–water partition coefficient (Wildman–Crippen LogP) is 20.1. The third-order valence-electron chi connectivity index (χ3n) is 22.7. The van der Waals surface area contributed by atoms with Crippen LogP contribution < -0.4 is 21.1 Å². The van der Waals surface area contributed by atoms with E-state index in [4.69, 9.17) is 4.42 Å². The van der Waals surface area contributed by atoms with E-state index in [9.17, 15) is 0 Å². The van der Waals surface area contributed by atoms with Gasteiger partial charge < -0.3 is 14.6 Å². The van der Waals surface area contributed by atoms with Gasteiger partial charge in [0.25, 0.3) is 0 Å². The minimum Gasteiger partial charge on any atom is -0.454 e. The Bertz CT molecular complexity index is 4050. The van der Waals surface area contributed by atoms with Gasteiger partial charge >= 0.3 is 0 Å². The number of hydrogen-bond donors (Lipinski definition) is 1. The van der Waals surface area contributed by atoms with Crippen molar-refractivity contribution in [2.24, 2.45) is 0 Å². The SMILES string of the molecule is CC1(C)CCC(C)(C)c2cc(Nc3ccc4c(c3-c3cc5c(oc6ccccc65)c5c3[B]c3cc6c(cc3N5c3ccc5c(c3)C(C)(C)CCC5(C)C)C(C)(C)CCC6(C)C)C(C)(C)c3cc5c(cc3-4)C(C)(C)CCC5(C)C)ccc21. The minimum absolute atomic E-state index is 0.0152. The molecule has 1 radical (unpaired) electrons. The van der Waals surface area contributed by atoms with Crippen molar-refractivity contribution in [3.05, 3.63) is 159 Å². The molecule has 0 unspecified atom stereocenters. The molecule has 7 aromatic carbocycles. The van der Waals surface area contributed by atoms with Gasteiger partial charge in [0.15, 0.2) is 12.9 Å². The van der Waals surface area contributed by atoms with Gasteiger partial charge in [-0.1, -0.05) is 179 Å². The predicted molar refractivity (Wildman–Crippen MR) is 347 cm³/mol. The quantitative estimate of drug-likeness (QED) is 0.178. The van der Waals surface area contributed by atoms with Crippen LogP contribution in [0.1, 0.15) is 232 Å². The van der Waals surface area contributed by atoms with Crippen LogP contribution in [0.15, 0.2) is 108 Å². The molecule has 0 atom stereocenters. The van der Waals surface area contributed by atoms with E-state index in [1.54, 1.807) is 0 Å². The van der Waals surface area contributed by atoms with Gasteiger partial charge in [0.1, 0.15) is 5.58 Å². The van der Waals surface area contributed by atoms with Crippen molar-refractivity contribution in [1.82, 2.24) is 0 Å². The van der Waals surface area contributed by atoms with Crippen LogP contribution in [0.4, 0.5) is 28.4 Å². The fourth-order valence-electron chi connectivity index (χ4n) is 16.8. The Morgan fingerprint density at radius 3 is 1.53 bits per heavy atom. The van der Waals surface area contributed by atoms with Crippen LogP contribution >= 0.6 is 0 Å². The summed E-state index contributed by atoms with van der Waals surface area (Å²) in [7, 11) is 2.58. The van der Waals surface area contributed by atoms with E-state index in [1.807, 2.05) is 0 Å². The maximum absolute atomic E-state index is 7.40. The molecule has 0 fully saturated rings.